The van der Waals surface area contributed by atoms with Gasteiger partial charge in [0.25, 0.3) is 5.91 Å². The van der Waals surface area contributed by atoms with Crippen LogP contribution in [0.15, 0.2) is 36.5 Å². The molecule has 27 heavy (non-hydrogen) atoms. The number of aromatic nitrogens is 5. The van der Waals surface area contributed by atoms with E-state index in [4.69, 9.17) is 4.74 Å². The topological polar surface area (TPSA) is 107 Å². The van der Waals surface area contributed by atoms with Crippen LogP contribution in [0.5, 0.6) is 5.88 Å². The highest BCUT2D eigenvalue weighted by atomic mass is 16.5. The van der Waals surface area contributed by atoms with E-state index < -0.39 is 0 Å². The number of carbonyl (C=O) groups is 1. The first kappa shape index (κ1) is 18.3. The number of aryl methyl sites for hydroxylation is 2. The molecular weight excluding hydrogens is 346 g/mol. The first-order chi connectivity index (χ1) is 13.1. The van der Waals surface area contributed by atoms with Gasteiger partial charge in [-0.3, -0.25) is 4.79 Å². The number of pyridine rings is 1. The molecule has 0 aliphatic heterocycles. The molecule has 0 aliphatic rings. The fraction of sp³-hybridized carbons (Fsp3) is 0.278. The van der Waals surface area contributed by atoms with Gasteiger partial charge >= 0.3 is 0 Å². The van der Waals surface area contributed by atoms with Gasteiger partial charge in [0.1, 0.15) is 5.82 Å². The van der Waals surface area contributed by atoms with Crippen molar-refractivity contribution < 1.29 is 9.53 Å². The Morgan fingerprint density at radius 2 is 2.00 bits per heavy atom. The molecule has 140 valence electrons. The molecule has 0 atom stereocenters. The number of nitrogens with zero attached hydrogens (tertiary/aromatic N) is 5. The summed E-state index contributed by atoms with van der Waals surface area (Å²) in [7, 11) is 1.51. The zero-order valence-corrected chi connectivity index (χ0v) is 15.4. The van der Waals surface area contributed by atoms with E-state index in [0.29, 0.717) is 36.2 Å². The molecule has 3 aromatic heterocycles. The summed E-state index contributed by atoms with van der Waals surface area (Å²) < 4.78 is 6.76. The Balaban J connectivity index is 1.49. The van der Waals surface area contributed by atoms with Crippen LogP contribution in [0.25, 0.3) is 5.82 Å². The lowest BCUT2D eigenvalue weighted by molar-refractivity contribution is 0.0954. The van der Waals surface area contributed by atoms with E-state index in [1.807, 2.05) is 32.0 Å². The van der Waals surface area contributed by atoms with Crippen LogP contribution in [0, 0.1) is 13.8 Å². The molecule has 3 heterocycles. The van der Waals surface area contributed by atoms with E-state index in [9.17, 15) is 4.79 Å². The number of ether oxygens (including phenoxy) is 1. The van der Waals surface area contributed by atoms with Crippen molar-refractivity contribution in [1.82, 2.24) is 30.3 Å². The number of hydrogen-bond acceptors (Lipinski definition) is 7. The summed E-state index contributed by atoms with van der Waals surface area (Å²) in [5, 5.41) is 18.6. The smallest absolute Gasteiger partial charge is 0.251 e. The molecule has 0 saturated heterocycles. The van der Waals surface area contributed by atoms with Gasteiger partial charge in [-0.05, 0) is 38.1 Å². The third-order valence-corrected chi connectivity index (χ3v) is 3.80. The quantitative estimate of drug-likeness (QED) is 0.610. The number of rotatable bonds is 7. The highest BCUT2D eigenvalue weighted by Gasteiger charge is 2.07. The summed E-state index contributed by atoms with van der Waals surface area (Å²) in [6, 6.07) is 8.88. The van der Waals surface area contributed by atoms with Crippen LogP contribution in [0.1, 0.15) is 21.7 Å². The highest BCUT2D eigenvalue weighted by molar-refractivity contribution is 5.94. The van der Waals surface area contributed by atoms with Gasteiger partial charge in [-0.2, -0.15) is 5.10 Å². The number of carbonyl (C=O) groups excluding carboxylic acids is 1. The standard InChI is InChI=1S/C18H21N7O2/c1-12-10-13(2)25(24-12)16-5-4-15(22-23-16)19-8-9-21-18(26)14-6-7-20-17(11-14)27-3/h4-7,10-11H,8-9H2,1-3H3,(H,19,22)(H,21,26). The van der Waals surface area contributed by atoms with Gasteiger partial charge in [-0.1, -0.05) is 0 Å². The summed E-state index contributed by atoms with van der Waals surface area (Å²) in [6.45, 7) is 4.85. The molecular formula is C18H21N7O2. The molecule has 0 unspecified atom stereocenters. The summed E-state index contributed by atoms with van der Waals surface area (Å²) in [5.74, 6) is 1.49. The molecule has 0 aliphatic carbocycles. The molecule has 0 radical (unpaired) electrons. The molecule has 3 aromatic rings. The van der Waals surface area contributed by atoms with Crippen molar-refractivity contribution in [2.75, 3.05) is 25.5 Å². The SMILES string of the molecule is COc1cc(C(=O)NCCNc2ccc(-n3nc(C)cc3C)nn2)ccn1. The third kappa shape index (κ3) is 4.57. The number of amides is 1. The van der Waals surface area contributed by atoms with Crippen molar-refractivity contribution in [2.24, 2.45) is 0 Å². The second kappa shape index (κ2) is 8.26. The predicted octanol–water partition coefficient (Wildman–Crippen LogP) is 1.52. The normalized spacial score (nSPS) is 10.5. The number of methoxy groups -OCH3 is 1. The Morgan fingerprint density at radius 1 is 1.15 bits per heavy atom. The van der Waals surface area contributed by atoms with Crippen LogP contribution in [-0.2, 0) is 0 Å². The Kier molecular flexibility index (Phi) is 5.60. The third-order valence-electron chi connectivity index (χ3n) is 3.80. The monoisotopic (exact) mass is 367 g/mol. The zero-order chi connectivity index (χ0) is 19.2. The molecule has 3 rings (SSSR count). The minimum atomic E-state index is -0.191. The molecule has 1 amide bonds. The van der Waals surface area contributed by atoms with Gasteiger partial charge in [0.15, 0.2) is 5.82 Å². The van der Waals surface area contributed by atoms with E-state index in [2.05, 4.69) is 30.9 Å². The molecule has 9 heteroatoms. The molecule has 0 fully saturated rings. The van der Waals surface area contributed by atoms with Crippen LogP contribution in [0.2, 0.25) is 0 Å². The largest absolute Gasteiger partial charge is 0.481 e. The predicted molar refractivity (Wildman–Crippen MR) is 100 cm³/mol. The van der Waals surface area contributed by atoms with Gasteiger partial charge < -0.3 is 15.4 Å². The van der Waals surface area contributed by atoms with E-state index in [1.165, 1.54) is 13.3 Å². The average Bonchev–Trinajstić information content (AvgIpc) is 3.03. The first-order valence-electron chi connectivity index (χ1n) is 8.46. The molecule has 0 bridgehead atoms. The van der Waals surface area contributed by atoms with Crippen LogP contribution in [0.3, 0.4) is 0 Å². The maximum absolute atomic E-state index is 12.1. The number of hydrogen-bond donors (Lipinski definition) is 2. The Morgan fingerprint density at radius 3 is 2.67 bits per heavy atom. The van der Waals surface area contributed by atoms with Gasteiger partial charge in [-0.25, -0.2) is 9.67 Å². The molecule has 0 aromatic carbocycles. The van der Waals surface area contributed by atoms with Gasteiger partial charge in [0.05, 0.1) is 12.8 Å². The average molecular weight is 367 g/mol. The lowest BCUT2D eigenvalue weighted by Crippen LogP contribution is -2.29. The lowest BCUT2D eigenvalue weighted by atomic mass is 10.2. The van der Waals surface area contributed by atoms with Crippen LogP contribution >= 0.6 is 0 Å². The van der Waals surface area contributed by atoms with Crippen molar-refractivity contribution in [3.8, 4) is 11.7 Å². The van der Waals surface area contributed by atoms with Crippen molar-refractivity contribution >= 4 is 11.7 Å². The van der Waals surface area contributed by atoms with E-state index in [-0.39, 0.29) is 5.91 Å². The van der Waals surface area contributed by atoms with Gasteiger partial charge in [0.2, 0.25) is 5.88 Å². The fourth-order valence-electron chi connectivity index (χ4n) is 2.52. The van der Waals surface area contributed by atoms with Gasteiger partial charge in [0, 0.05) is 36.6 Å². The van der Waals surface area contributed by atoms with E-state index in [1.54, 1.807) is 16.8 Å². The highest BCUT2D eigenvalue weighted by Crippen LogP contribution is 2.10. The van der Waals surface area contributed by atoms with Crippen molar-refractivity contribution in [3.05, 3.63) is 53.5 Å². The van der Waals surface area contributed by atoms with Crippen LogP contribution < -0.4 is 15.4 Å². The molecule has 2 N–H and O–H groups in total. The van der Waals surface area contributed by atoms with Crippen molar-refractivity contribution in [3.63, 3.8) is 0 Å². The minimum Gasteiger partial charge on any atom is -0.481 e. The summed E-state index contributed by atoms with van der Waals surface area (Å²) in [5.41, 5.74) is 2.42. The first-order valence-corrected chi connectivity index (χ1v) is 8.46. The van der Waals surface area contributed by atoms with Crippen molar-refractivity contribution in [1.29, 1.82) is 0 Å². The minimum absolute atomic E-state index is 0.191. The summed E-state index contributed by atoms with van der Waals surface area (Å²) in [4.78, 5) is 16.1. The van der Waals surface area contributed by atoms with Crippen LogP contribution in [-0.4, -0.2) is 51.1 Å². The molecule has 0 saturated carbocycles. The summed E-state index contributed by atoms with van der Waals surface area (Å²) >= 11 is 0. The van der Waals surface area contributed by atoms with Crippen molar-refractivity contribution in [2.45, 2.75) is 13.8 Å². The number of nitrogens with one attached hydrogen (secondary N) is 2. The Hall–Kier alpha value is -3.49. The Labute approximate surface area is 156 Å². The van der Waals surface area contributed by atoms with E-state index in [0.717, 1.165) is 11.4 Å². The maximum Gasteiger partial charge on any atom is 0.251 e. The molecule has 9 nitrogen and oxygen atoms in total. The second-order valence-electron chi connectivity index (χ2n) is 5.89. The lowest BCUT2D eigenvalue weighted by Gasteiger charge is -2.08. The van der Waals surface area contributed by atoms with Gasteiger partial charge in [-0.15, -0.1) is 10.2 Å². The zero-order valence-electron chi connectivity index (χ0n) is 15.4. The summed E-state index contributed by atoms with van der Waals surface area (Å²) in [6.07, 6.45) is 1.53. The van der Waals surface area contributed by atoms with Crippen LogP contribution in [0.4, 0.5) is 5.82 Å². The molecule has 0 spiro atoms. The van der Waals surface area contributed by atoms with E-state index >= 15 is 0 Å². The maximum atomic E-state index is 12.1. The Bertz CT molecular complexity index is 922. The number of anilines is 1. The second-order valence-corrected chi connectivity index (χ2v) is 5.89. The fourth-order valence-corrected chi connectivity index (χ4v) is 2.52.